The maximum Gasteiger partial charge on any atom is 0.0755 e. The predicted octanol–water partition coefficient (Wildman–Crippen LogP) is 18.2. The summed E-state index contributed by atoms with van der Waals surface area (Å²) >= 11 is 1.86. The lowest BCUT2D eigenvalue weighted by Gasteiger charge is -2.45. The van der Waals surface area contributed by atoms with Crippen LogP contribution in [-0.2, 0) is 5.41 Å². The van der Waals surface area contributed by atoms with Crippen LogP contribution in [0.3, 0.4) is 0 Å². The second-order valence-electron chi connectivity index (χ2n) is 17.9. The lowest BCUT2D eigenvalue weighted by molar-refractivity contribution is 0.752. The molecule has 3 heteroatoms. The van der Waals surface area contributed by atoms with E-state index in [1.165, 1.54) is 92.4 Å². The average Bonchev–Trinajstić information content (AvgIpc) is 3.93. The number of hydrogen-bond donors (Lipinski definition) is 0. The molecule has 12 aromatic rings. The van der Waals surface area contributed by atoms with Gasteiger partial charge in [-0.25, -0.2) is 0 Å². The molecule has 0 amide bonds. The lowest BCUT2D eigenvalue weighted by Crippen LogP contribution is -2.36. The fourth-order valence-corrected chi connectivity index (χ4v) is 12.8. The van der Waals surface area contributed by atoms with E-state index in [1.807, 2.05) is 11.3 Å². The van der Waals surface area contributed by atoms with Crippen molar-refractivity contribution >= 4 is 76.4 Å². The van der Waals surface area contributed by atoms with Gasteiger partial charge in [-0.15, -0.1) is 11.3 Å². The molecule has 0 atom stereocenters. The maximum absolute atomic E-state index is 2.56. The Kier molecular flexibility index (Phi) is 8.71. The molecule has 11 aromatic carbocycles. The van der Waals surface area contributed by atoms with E-state index in [0.29, 0.717) is 0 Å². The Balaban J connectivity index is 1.07. The van der Waals surface area contributed by atoms with Crippen molar-refractivity contribution in [2.75, 3.05) is 9.80 Å². The van der Waals surface area contributed by atoms with Crippen LogP contribution in [0.15, 0.2) is 255 Å². The molecule has 0 saturated heterocycles. The van der Waals surface area contributed by atoms with Gasteiger partial charge in [-0.1, -0.05) is 194 Å². The number of nitrogens with zero attached hydrogens (tertiary/aromatic N) is 2. The molecule has 1 aliphatic heterocycles. The standard InChI is InChI=1S/C65H42N2S/c1-2-22-44(23-3-1)66-59-36-15-12-32-55(59)65(56-33-13-16-37-60(56)66)54-31-11-8-29-52(54)64-57(65)34-19-38-61(64)67(45-40-41-63-53(42-45)51-28-10-17-39-62(51)68-63)58-35-14-9-27-50(58)49-26-7-6-25-48(49)47-30-18-21-43-20-4-5-24-46(43)47/h1-42H. The molecule has 0 unspecified atom stereocenters. The molecule has 0 saturated carbocycles. The van der Waals surface area contributed by atoms with Crippen LogP contribution in [0.1, 0.15) is 22.3 Å². The molecule has 2 heterocycles. The average molecular weight is 883 g/mol. The van der Waals surface area contributed by atoms with E-state index in [4.69, 9.17) is 0 Å². The Morgan fingerprint density at radius 3 is 1.66 bits per heavy atom. The van der Waals surface area contributed by atoms with Crippen molar-refractivity contribution in [1.29, 1.82) is 0 Å². The summed E-state index contributed by atoms with van der Waals surface area (Å²) in [6.45, 7) is 0. The fourth-order valence-electron chi connectivity index (χ4n) is 11.7. The number of thiophene rings is 1. The van der Waals surface area contributed by atoms with Gasteiger partial charge in [0.2, 0.25) is 0 Å². The first kappa shape index (κ1) is 38.7. The minimum atomic E-state index is -0.597. The Bertz CT molecular complexity index is 3900. The lowest BCUT2D eigenvalue weighted by atomic mass is 9.64. The van der Waals surface area contributed by atoms with E-state index in [1.54, 1.807) is 0 Å². The number of para-hydroxylation sites is 4. The highest BCUT2D eigenvalue weighted by Gasteiger charge is 2.52. The molecule has 0 bridgehead atoms. The van der Waals surface area contributed by atoms with Gasteiger partial charge in [0.25, 0.3) is 0 Å². The zero-order valence-electron chi connectivity index (χ0n) is 37.1. The third-order valence-corrected chi connectivity index (χ3v) is 15.6. The second kappa shape index (κ2) is 15.3. The first-order valence-corrected chi connectivity index (χ1v) is 24.2. The number of benzene rings is 11. The molecular formula is C65H42N2S. The first-order chi connectivity index (χ1) is 33.8. The molecule has 0 radical (unpaired) electrons. The van der Waals surface area contributed by atoms with Crippen molar-refractivity contribution in [3.8, 4) is 33.4 Å². The molecule has 1 aromatic heterocycles. The largest absolute Gasteiger partial charge is 0.310 e. The highest BCUT2D eigenvalue weighted by atomic mass is 32.1. The van der Waals surface area contributed by atoms with E-state index in [9.17, 15) is 0 Å². The van der Waals surface area contributed by atoms with Crippen LogP contribution in [0.2, 0.25) is 0 Å². The Morgan fingerprint density at radius 1 is 0.338 bits per heavy atom. The topological polar surface area (TPSA) is 6.48 Å². The van der Waals surface area contributed by atoms with Gasteiger partial charge in [0.05, 0.1) is 28.2 Å². The van der Waals surface area contributed by atoms with Crippen LogP contribution in [0, 0.1) is 0 Å². The molecular weight excluding hydrogens is 841 g/mol. The summed E-state index contributed by atoms with van der Waals surface area (Å²) < 4.78 is 2.58. The maximum atomic E-state index is 2.56. The van der Waals surface area contributed by atoms with E-state index in [-0.39, 0.29) is 0 Å². The van der Waals surface area contributed by atoms with Crippen molar-refractivity contribution in [3.05, 3.63) is 277 Å². The number of fused-ring (bicyclic) bond motifs is 13. The Hall–Kier alpha value is -8.50. The van der Waals surface area contributed by atoms with Crippen molar-refractivity contribution in [3.63, 3.8) is 0 Å². The normalized spacial score (nSPS) is 13.1. The van der Waals surface area contributed by atoms with Gasteiger partial charge < -0.3 is 9.80 Å². The molecule has 0 N–H and O–H groups in total. The summed E-state index contributed by atoms with van der Waals surface area (Å²) in [6.07, 6.45) is 0. The molecule has 14 rings (SSSR count). The van der Waals surface area contributed by atoms with Gasteiger partial charge in [-0.05, 0) is 116 Å². The van der Waals surface area contributed by atoms with Crippen LogP contribution in [-0.4, -0.2) is 0 Å². The van der Waals surface area contributed by atoms with Crippen LogP contribution < -0.4 is 9.80 Å². The molecule has 1 spiro atoms. The Morgan fingerprint density at radius 2 is 0.868 bits per heavy atom. The number of hydrogen-bond acceptors (Lipinski definition) is 3. The van der Waals surface area contributed by atoms with E-state index in [2.05, 4.69) is 265 Å². The van der Waals surface area contributed by atoms with Gasteiger partial charge in [-0.3, -0.25) is 0 Å². The minimum Gasteiger partial charge on any atom is -0.310 e. The van der Waals surface area contributed by atoms with E-state index >= 15 is 0 Å². The first-order valence-electron chi connectivity index (χ1n) is 23.4. The smallest absolute Gasteiger partial charge is 0.0755 e. The highest BCUT2D eigenvalue weighted by Crippen LogP contribution is 2.65. The van der Waals surface area contributed by atoms with Crippen LogP contribution in [0.25, 0.3) is 64.3 Å². The summed E-state index contributed by atoms with van der Waals surface area (Å²) in [6, 6.07) is 94.6. The van der Waals surface area contributed by atoms with Crippen molar-refractivity contribution in [2.24, 2.45) is 0 Å². The quantitative estimate of drug-likeness (QED) is 0.164. The van der Waals surface area contributed by atoms with Gasteiger partial charge in [0.15, 0.2) is 0 Å². The third kappa shape index (κ3) is 5.57. The van der Waals surface area contributed by atoms with Gasteiger partial charge in [0.1, 0.15) is 0 Å². The van der Waals surface area contributed by atoms with Crippen LogP contribution >= 0.6 is 11.3 Å². The SMILES string of the molecule is c1ccc(N2c3ccccc3C3(c4ccccc4-c4c(N(c5ccc6sc7ccccc7c6c5)c5ccccc5-c5ccccc5-c5cccc6ccccc56)cccc43)c3ccccc32)cc1. The molecule has 2 nitrogen and oxygen atoms in total. The Labute approximate surface area is 399 Å². The van der Waals surface area contributed by atoms with Gasteiger partial charge in [0, 0.05) is 42.7 Å². The fraction of sp³-hybridized carbons (Fsp3) is 0.0154. The van der Waals surface area contributed by atoms with Crippen molar-refractivity contribution in [2.45, 2.75) is 5.41 Å². The molecule has 68 heavy (non-hydrogen) atoms. The minimum absolute atomic E-state index is 0.597. The van der Waals surface area contributed by atoms with Crippen molar-refractivity contribution < 1.29 is 0 Å². The second-order valence-corrected chi connectivity index (χ2v) is 19.0. The highest BCUT2D eigenvalue weighted by molar-refractivity contribution is 7.25. The predicted molar refractivity (Wildman–Crippen MR) is 288 cm³/mol. The van der Waals surface area contributed by atoms with E-state index < -0.39 is 5.41 Å². The van der Waals surface area contributed by atoms with Gasteiger partial charge in [-0.2, -0.15) is 0 Å². The summed E-state index contributed by atoms with van der Waals surface area (Å²) in [5.41, 5.74) is 18.7. The monoisotopic (exact) mass is 882 g/mol. The molecule has 1 aliphatic carbocycles. The zero-order chi connectivity index (χ0) is 44.8. The number of anilines is 6. The molecule has 318 valence electrons. The molecule has 0 fully saturated rings. The number of rotatable bonds is 6. The van der Waals surface area contributed by atoms with Crippen molar-refractivity contribution in [1.82, 2.24) is 0 Å². The van der Waals surface area contributed by atoms with Gasteiger partial charge >= 0.3 is 0 Å². The zero-order valence-corrected chi connectivity index (χ0v) is 37.9. The molecule has 2 aliphatic rings. The summed E-state index contributed by atoms with van der Waals surface area (Å²) in [4.78, 5) is 5.02. The summed E-state index contributed by atoms with van der Waals surface area (Å²) in [7, 11) is 0. The summed E-state index contributed by atoms with van der Waals surface area (Å²) in [5.74, 6) is 0. The van der Waals surface area contributed by atoms with Crippen LogP contribution in [0.4, 0.5) is 34.1 Å². The third-order valence-electron chi connectivity index (χ3n) is 14.5. The van der Waals surface area contributed by atoms with E-state index in [0.717, 1.165) is 28.3 Å². The summed E-state index contributed by atoms with van der Waals surface area (Å²) in [5, 5.41) is 5.02. The van der Waals surface area contributed by atoms with Crippen LogP contribution in [0.5, 0.6) is 0 Å².